The molecule has 4 nitrogen and oxygen atoms in total. The molecule has 0 saturated carbocycles. The Morgan fingerprint density at radius 1 is 1.08 bits per heavy atom. The number of hydrogen-bond donors (Lipinski definition) is 2. The molecular formula is C19H16F2N2O2S. The third-order valence-corrected chi connectivity index (χ3v) is 5.38. The maximum atomic E-state index is 13.6. The minimum Gasteiger partial charge on any atom is -0.357 e. The van der Waals surface area contributed by atoms with E-state index < -0.39 is 29.5 Å². The fraction of sp³-hybridized carbons (Fsp3) is 0.158. The number of benzene rings is 2. The van der Waals surface area contributed by atoms with Gasteiger partial charge in [-0.05, 0) is 41.6 Å². The molecule has 0 aliphatic heterocycles. The highest BCUT2D eigenvalue weighted by atomic mass is 32.1. The van der Waals surface area contributed by atoms with Gasteiger partial charge in [-0.2, -0.15) is 0 Å². The molecule has 0 aliphatic rings. The van der Waals surface area contributed by atoms with E-state index in [2.05, 4.69) is 10.6 Å². The maximum absolute atomic E-state index is 13.6. The van der Waals surface area contributed by atoms with Gasteiger partial charge in [-0.3, -0.25) is 9.59 Å². The Morgan fingerprint density at radius 3 is 2.46 bits per heavy atom. The lowest BCUT2D eigenvalue weighted by atomic mass is 10.1. The highest BCUT2D eigenvalue weighted by molar-refractivity contribution is 7.21. The SMILES string of the molecule is CNC(=O)C(NC(=O)c1sc2ccccc2c1C)c1ccc(F)c(F)c1. The lowest BCUT2D eigenvalue weighted by Crippen LogP contribution is -2.39. The van der Waals surface area contributed by atoms with Crippen LogP contribution in [-0.4, -0.2) is 18.9 Å². The first kappa shape index (κ1) is 18.0. The molecule has 7 heteroatoms. The van der Waals surface area contributed by atoms with Gasteiger partial charge in [0.1, 0.15) is 6.04 Å². The van der Waals surface area contributed by atoms with Crippen LogP contribution >= 0.6 is 11.3 Å². The molecule has 2 amide bonds. The van der Waals surface area contributed by atoms with Crippen molar-refractivity contribution in [2.45, 2.75) is 13.0 Å². The van der Waals surface area contributed by atoms with Crippen molar-refractivity contribution in [3.63, 3.8) is 0 Å². The van der Waals surface area contributed by atoms with Crippen LogP contribution in [0.15, 0.2) is 42.5 Å². The quantitative estimate of drug-likeness (QED) is 0.732. The number of carbonyl (C=O) groups is 2. The van der Waals surface area contributed by atoms with Crippen LogP contribution in [0, 0.1) is 18.6 Å². The highest BCUT2D eigenvalue weighted by Gasteiger charge is 2.25. The van der Waals surface area contributed by atoms with Gasteiger partial charge in [-0.25, -0.2) is 8.78 Å². The minimum absolute atomic E-state index is 0.162. The number of rotatable bonds is 4. The first-order valence-corrected chi connectivity index (χ1v) is 8.69. The predicted octanol–water partition coefficient (Wildman–Crippen LogP) is 3.71. The van der Waals surface area contributed by atoms with Gasteiger partial charge < -0.3 is 10.6 Å². The number of hydrogen-bond acceptors (Lipinski definition) is 3. The van der Waals surface area contributed by atoms with Crippen molar-refractivity contribution in [2.75, 3.05) is 7.05 Å². The first-order valence-electron chi connectivity index (χ1n) is 7.88. The standard InChI is InChI=1S/C19H16F2N2O2S/c1-10-12-5-3-4-6-15(12)26-17(10)19(25)23-16(18(24)22-2)11-7-8-13(20)14(21)9-11/h3-9,16H,1-2H3,(H,22,24)(H,23,25). The smallest absolute Gasteiger partial charge is 0.262 e. The van der Waals surface area contributed by atoms with E-state index in [1.54, 1.807) is 0 Å². The molecular weight excluding hydrogens is 358 g/mol. The van der Waals surface area contributed by atoms with Crippen LogP contribution in [0.4, 0.5) is 8.78 Å². The van der Waals surface area contributed by atoms with E-state index in [1.807, 2.05) is 31.2 Å². The molecule has 0 radical (unpaired) electrons. The summed E-state index contributed by atoms with van der Waals surface area (Å²) in [7, 11) is 1.41. The van der Waals surface area contributed by atoms with Crippen LogP contribution in [0.2, 0.25) is 0 Å². The van der Waals surface area contributed by atoms with E-state index in [-0.39, 0.29) is 5.56 Å². The molecule has 0 aliphatic carbocycles. The zero-order valence-electron chi connectivity index (χ0n) is 14.1. The molecule has 1 heterocycles. The lowest BCUT2D eigenvalue weighted by molar-refractivity contribution is -0.122. The molecule has 0 saturated heterocycles. The van der Waals surface area contributed by atoms with Gasteiger partial charge in [0.25, 0.3) is 5.91 Å². The summed E-state index contributed by atoms with van der Waals surface area (Å²) in [5.74, 6) is -3.06. The number of halogens is 2. The van der Waals surface area contributed by atoms with Crippen molar-refractivity contribution in [3.8, 4) is 0 Å². The third-order valence-electron chi connectivity index (χ3n) is 4.11. The Kier molecular flexibility index (Phi) is 4.99. The maximum Gasteiger partial charge on any atom is 0.262 e. The summed E-state index contributed by atoms with van der Waals surface area (Å²) in [4.78, 5) is 25.4. The van der Waals surface area contributed by atoms with E-state index in [1.165, 1.54) is 24.5 Å². The van der Waals surface area contributed by atoms with Gasteiger partial charge in [0.15, 0.2) is 11.6 Å². The number of nitrogens with one attached hydrogen (secondary N) is 2. The van der Waals surface area contributed by atoms with Crippen LogP contribution < -0.4 is 10.6 Å². The van der Waals surface area contributed by atoms with Crippen molar-refractivity contribution in [1.29, 1.82) is 0 Å². The summed E-state index contributed by atoms with van der Waals surface area (Å²) in [5, 5.41) is 6.01. The third kappa shape index (κ3) is 3.30. The van der Waals surface area contributed by atoms with Crippen LogP contribution in [0.1, 0.15) is 26.8 Å². The molecule has 0 fully saturated rings. The van der Waals surface area contributed by atoms with Gasteiger partial charge in [0.05, 0.1) is 4.88 Å². The number of aryl methyl sites for hydroxylation is 1. The molecule has 1 atom stereocenters. The number of likely N-dealkylation sites (N-methyl/N-ethyl adjacent to an activating group) is 1. The van der Waals surface area contributed by atoms with E-state index >= 15 is 0 Å². The Morgan fingerprint density at radius 2 is 1.81 bits per heavy atom. The fourth-order valence-electron chi connectivity index (χ4n) is 2.72. The zero-order chi connectivity index (χ0) is 18.8. The zero-order valence-corrected chi connectivity index (χ0v) is 14.9. The summed E-state index contributed by atoms with van der Waals surface area (Å²) < 4.78 is 27.7. The summed E-state index contributed by atoms with van der Waals surface area (Å²) in [6.07, 6.45) is 0. The van der Waals surface area contributed by atoms with E-state index in [0.29, 0.717) is 4.88 Å². The van der Waals surface area contributed by atoms with E-state index in [4.69, 9.17) is 0 Å². The second-order valence-corrected chi connectivity index (χ2v) is 6.80. The molecule has 134 valence electrons. The van der Waals surface area contributed by atoms with Gasteiger partial charge in [-0.1, -0.05) is 24.3 Å². The van der Waals surface area contributed by atoms with Crippen LogP contribution in [0.5, 0.6) is 0 Å². The Balaban J connectivity index is 1.95. The predicted molar refractivity (Wildman–Crippen MR) is 97.2 cm³/mol. The van der Waals surface area contributed by atoms with E-state index in [9.17, 15) is 18.4 Å². The molecule has 3 rings (SSSR count). The average Bonchev–Trinajstić information content (AvgIpc) is 2.98. The minimum atomic E-state index is -1.13. The number of thiophene rings is 1. The topological polar surface area (TPSA) is 58.2 Å². The molecule has 26 heavy (non-hydrogen) atoms. The fourth-order valence-corrected chi connectivity index (χ4v) is 3.84. The van der Waals surface area contributed by atoms with Crippen LogP contribution in [-0.2, 0) is 4.79 Å². The molecule has 1 unspecified atom stereocenters. The number of carbonyl (C=O) groups excluding carboxylic acids is 2. The van der Waals surface area contributed by atoms with Gasteiger partial charge >= 0.3 is 0 Å². The number of amides is 2. The molecule has 0 bridgehead atoms. The molecule has 0 spiro atoms. The van der Waals surface area contributed by atoms with Gasteiger partial charge in [0, 0.05) is 11.7 Å². The van der Waals surface area contributed by atoms with Crippen molar-refractivity contribution in [1.82, 2.24) is 10.6 Å². The van der Waals surface area contributed by atoms with Gasteiger partial charge in [-0.15, -0.1) is 11.3 Å². The first-order chi connectivity index (χ1) is 12.4. The Labute approximate surface area is 152 Å². The van der Waals surface area contributed by atoms with Crippen molar-refractivity contribution in [3.05, 3.63) is 70.1 Å². The Bertz CT molecular complexity index is 1000. The highest BCUT2D eigenvalue weighted by Crippen LogP contribution is 2.31. The molecule has 2 aromatic carbocycles. The molecule has 2 N–H and O–H groups in total. The summed E-state index contributed by atoms with van der Waals surface area (Å²) in [6, 6.07) is 9.58. The average molecular weight is 374 g/mol. The van der Waals surface area contributed by atoms with Crippen LogP contribution in [0.3, 0.4) is 0 Å². The van der Waals surface area contributed by atoms with Crippen molar-refractivity contribution < 1.29 is 18.4 Å². The molecule has 1 aromatic heterocycles. The summed E-state index contributed by atoms with van der Waals surface area (Å²) in [6.45, 7) is 1.83. The van der Waals surface area contributed by atoms with Crippen LogP contribution in [0.25, 0.3) is 10.1 Å². The van der Waals surface area contributed by atoms with Crippen molar-refractivity contribution in [2.24, 2.45) is 0 Å². The largest absolute Gasteiger partial charge is 0.357 e. The van der Waals surface area contributed by atoms with Crippen molar-refractivity contribution >= 4 is 33.2 Å². The molecule has 3 aromatic rings. The van der Waals surface area contributed by atoms with E-state index in [0.717, 1.165) is 27.8 Å². The summed E-state index contributed by atoms with van der Waals surface area (Å²) >= 11 is 1.32. The normalized spacial score (nSPS) is 12.0. The summed E-state index contributed by atoms with van der Waals surface area (Å²) in [5.41, 5.74) is 0.972. The second-order valence-electron chi connectivity index (χ2n) is 5.75. The second kappa shape index (κ2) is 7.21. The lowest BCUT2D eigenvalue weighted by Gasteiger charge is -2.18. The number of fused-ring (bicyclic) bond motifs is 1. The monoisotopic (exact) mass is 374 g/mol. The van der Waals surface area contributed by atoms with Gasteiger partial charge in [0.2, 0.25) is 5.91 Å². The Hall–Kier alpha value is -2.80.